The summed E-state index contributed by atoms with van der Waals surface area (Å²) in [5.41, 5.74) is 0.0575. The molecule has 1 aromatic heterocycles. The van der Waals surface area contributed by atoms with E-state index in [9.17, 15) is 0 Å². The molecule has 1 aromatic rings. The van der Waals surface area contributed by atoms with Gasteiger partial charge in [-0.1, -0.05) is 13.8 Å². The van der Waals surface area contributed by atoms with E-state index in [1.165, 1.54) is 0 Å². The van der Waals surface area contributed by atoms with Gasteiger partial charge in [0, 0.05) is 25.0 Å². The van der Waals surface area contributed by atoms with Gasteiger partial charge in [0.2, 0.25) is 0 Å². The van der Waals surface area contributed by atoms with Crippen LogP contribution in [0.4, 0.5) is 0 Å². The predicted molar refractivity (Wildman–Crippen MR) is 63.3 cm³/mol. The van der Waals surface area contributed by atoms with Crippen molar-refractivity contribution < 1.29 is 4.42 Å². The number of hydrogen-bond donors (Lipinski definition) is 2. The Labute approximate surface area is 92.2 Å². The molecular weight excluding hydrogens is 188 g/mol. The molecule has 0 bridgehead atoms. The maximum absolute atomic E-state index is 5.65. The minimum Gasteiger partial charge on any atom is -0.466 e. The van der Waals surface area contributed by atoms with Gasteiger partial charge in [-0.15, -0.1) is 0 Å². The van der Waals surface area contributed by atoms with Gasteiger partial charge in [-0.2, -0.15) is 0 Å². The van der Waals surface area contributed by atoms with Gasteiger partial charge in [0.15, 0.2) is 0 Å². The summed E-state index contributed by atoms with van der Waals surface area (Å²) >= 11 is 0. The molecule has 1 rings (SSSR count). The number of hydrogen-bond acceptors (Lipinski definition) is 3. The first kappa shape index (κ1) is 12.3. The summed E-state index contributed by atoms with van der Waals surface area (Å²) in [5, 5.41) is 6.52. The van der Waals surface area contributed by atoms with Crippen molar-refractivity contribution in [3.05, 3.63) is 23.7 Å². The van der Waals surface area contributed by atoms with Crippen LogP contribution in [0, 0.1) is 6.92 Å². The van der Waals surface area contributed by atoms with Crippen LogP contribution < -0.4 is 10.6 Å². The minimum absolute atomic E-state index is 0.0575. The molecule has 86 valence electrons. The van der Waals surface area contributed by atoms with E-state index in [-0.39, 0.29) is 5.41 Å². The van der Waals surface area contributed by atoms with Gasteiger partial charge in [0.1, 0.15) is 11.5 Å². The van der Waals surface area contributed by atoms with E-state index in [1.807, 2.05) is 20.0 Å². The summed E-state index contributed by atoms with van der Waals surface area (Å²) in [6.45, 7) is 9.28. The Morgan fingerprint density at radius 2 is 2.00 bits per heavy atom. The van der Waals surface area contributed by atoms with Gasteiger partial charge < -0.3 is 15.1 Å². The lowest BCUT2D eigenvalue weighted by Crippen LogP contribution is -2.35. The number of rotatable bonds is 6. The van der Waals surface area contributed by atoms with E-state index >= 15 is 0 Å². The average Bonchev–Trinajstić information content (AvgIpc) is 2.60. The Balaban J connectivity index is 2.44. The first-order valence-corrected chi connectivity index (χ1v) is 5.48. The Morgan fingerprint density at radius 1 is 1.27 bits per heavy atom. The van der Waals surface area contributed by atoms with Gasteiger partial charge in [0.25, 0.3) is 0 Å². The second kappa shape index (κ2) is 5.33. The van der Waals surface area contributed by atoms with E-state index in [0.717, 1.165) is 31.2 Å². The van der Waals surface area contributed by atoms with Crippen molar-refractivity contribution in [2.45, 2.75) is 26.2 Å². The quantitative estimate of drug-likeness (QED) is 0.701. The summed E-state index contributed by atoms with van der Waals surface area (Å²) in [6, 6.07) is 4.08. The molecule has 0 unspecified atom stereocenters. The molecule has 0 saturated heterocycles. The molecule has 0 aliphatic heterocycles. The fraction of sp³-hybridized carbons (Fsp3) is 0.667. The van der Waals surface area contributed by atoms with Crippen LogP contribution in [-0.4, -0.2) is 26.7 Å². The van der Waals surface area contributed by atoms with Crippen molar-refractivity contribution in [1.29, 1.82) is 0 Å². The fourth-order valence-corrected chi connectivity index (χ4v) is 1.50. The maximum atomic E-state index is 5.65. The van der Waals surface area contributed by atoms with Crippen LogP contribution >= 0.6 is 0 Å². The van der Waals surface area contributed by atoms with Gasteiger partial charge in [-0.25, -0.2) is 0 Å². The van der Waals surface area contributed by atoms with Gasteiger partial charge >= 0.3 is 0 Å². The summed E-state index contributed by atoms with van der Waals surface area (Å²) in [7, 11) is 1.96. The molecule has 3 heteroatoms. The van der Waals surface area contributed by atoms with Crippen LogP contribution in [-0.2, 0) is 5.41 Å². The van der Waals surface area contributed by atoms with E-state index in [1.54, 1.807) is 0 Å². The molecule has 0 saturated carbocycles. The number of likely N-dealkylation sites (N-methyl/N-ethyl adjacent to an activating group) is 1. The van der Waals surface area contributed by atoms with Crippen LogP contribution in [0.5, 0.6) is 0 Å². The molecule has 3 nitrogen and oxygen atoms in total. The SMILES string of the molecule is CNCCNCC(C)(C)c1ccc(C)o1. The molecule has 0 radical (unpaired) electrons. The Bertz CT molecular complexity index is 292. The number of nitrogens with one attached hydrogen (secondary N) is 2. The van der Waals surface area contributed by atoms with E-state index in [0.29, 0.717) is 0 Å². The summed E-state index contributed by atoms with van der Waals surface area (Å²) in [4.78, 5) is 0. The van der Waals surface area contributed by atoms with Crippen LogP contribution in [0.2, 0.25) is 0 Å². The summed E-state index contributed by atoms with van der Waals surface area (Å²) in [5.74, 6) is 2.03. The molecule has 0 amide bonds. The second-order valence-electron chi connectivity index (χ2n) is 4.57. The first-order valence-electron chi connectivity index (χ1n) is 5.48. The zero-order valence-corrected chi connectivity index (χ0v) is 10.2. The standard InChI is InChI=1S/C12H22N2O/c1-10-5-6-11(15-10)12(2,3)9-14-8-7-13-4/h5-6,13-14H,7-9H2,1-4H3. The normalized spacial score (nSPS) is 12.0. The van der Waals surface area contributed by atoms with Crippen molar-refractivity contribution in [3.63, 3.8) is 0 Å². The highest BCUT2D eigenvalue weighted by Crippen LogP contribution is 2.23. The number of furan rings is 1. The minimum atomic E-state index is 0.0575. The summed E-state index contributed by atoms with van der Waals surface area (Å²) < 4.78 is 5.65. The highest BCUT2D eigenvalue weighted by molar-refractivity contribution is 5.15. The molecule has 0 atom stereocenters. The van der Waals surface area contributed by atoms with Gasteiger partial charge in [0.05, 0.1) is 0 Å². The zero-order chi connectivity index (χ0) is 11.3. The third-order valence-corrected chi connectivity index (χ3v) is 2.53. The van der Waals surface area contributed by atoms with Gasteiger partial charge in [-0.3, -0.25) is 0 Å². The molecule has 2 N–H and O–H groups in total. The first-order chi connectivity index (χ1) is 7.06. The Morgan fingerprint density at radius 3 is 2.53 bits per heavy atom. The van der Waals surface area contributed by atoms with Crippen LogP contribution in [0.3, 0.4) is 0 Å². The molecule has 0 aromatic carbocycles. The topological polar surface area (TPSA) is 37.2 Å². The van der Waals surface area contributed by atoms with Crippen molar-refractivity contribution in [2.75, 3.05) is 26.7 Å². The smallest absolute Gasteiger partial charge is 0.111 e. The number of aryl methyl sites for hydroxylation is 1. The second-order valence-corrected chi connectivity index (χ2v) is 4.57. The van der Waals surface area contributed by atoms with Crippen LogP contribution in [0.25, 0.3) is 0 Å². The molecule has 0 aliphatic rings. The van der Waals surface area contributed by atoms with E-state index in [2.05, 4.69) is 30.5 Å². The fourth-order valence-electron chi connectivity index (χ4n) is 1.50. The van der Waals surface area contributed by atoms with Gasteiger partial charge in [-0.05, 0) is 26.1 Å². The zero-order valence-electron chi connectivity index (χ0n) is 10.2. The molecular formula is C12H22N2O. The molecule has 0 fully saturated rings. The highest BCUT2D eigenvalue weighted by Gasteiger charge is 2.23. The third-order valence-electron chi connectivity index (χ3n) is 2.53. The molecule has 0 aliphatic carbocycles. The lowest BCUT2D eigenvalue weighted by atomic mass is 9.90. The predicted octanol–water partition coefficient (Wildman–Crippen LogP) is 1.67. The highest BCUT2D eigenvalue weighted by atomic mass is 16.3. The lowest BCUT2D eigenvalue weighted by molar-refractivity contribution is 0.358. The van der Waals surface area contributed by atoms with Crippen molar-refractivity contribution >= 4 is 0 Å². The van der Waals surface area contributed by atoms with Crippen molar-refractivity contribution in [2.24, 2.45) is 0 Å². The molecule has 0 spiro atoms. The summed E-state index contributed by atoms with van der Waals surface area (Å²) in [6.07, 6.45) is 0. The maximum Gasteiger partial charge on any atom is 0.111 e. The Kier molecular flexibility index (Phi) is 4.36. The van der Waals surface area contributed by atoms with Crippen molar-refractivity contribution in [1.82, 2.24) is 10.6 Å². The van der Waals surface area contributed by atoms with Crippen molar-refractivity contribution in [3.8, 4) is 0 Å². The lowest BCUT2D eigenvalue weighted by Gasteiger charge is -2.22. The van der Waals surface area contributed by atoms with Crippen LogP contribution in [0.15, 0.2) is 16.5 Å². The molecule has 1 heterocycles. The van der Waals surface area contributed by atoms with Crippen LogP contribution in [0.1, 0.15) is 25.4 Å². The van der Waals surface area contributed by atoms with E-state index in [4.69, 9.17) is 4.42 Å². The third kappa shape index (κ3) is 3.68. The average molecular weight is 210 g/mol. The Hall–Kier alpha value is -0.800. The van der Waals surface area contributed by atoms with E-state index < -0.39 is 0 Å². The monoisotopic (exact) mass is 210 g/mol. The molecule has 15 heavy (non-hydrogen) atoms. The largest absolute Gasteiger partial charge is 0.466 e.